The molecule has 3 aliphatic carbocycles. The molecule has 0 aromatic heterocycles. The normalized spacial score (nSPS) is 30.4. The van der Waals surface area contributed by atoms with Crippen molar-refractivity contribution in [2.45, 2.75) is 12.8 Å². The zero-order chi connectivity index (χ0) is 31.4. The average Bonchev–Trinajstić information content (AvgIpc) is 3.86. The summed E-state index contributed by atoms with van der Waals surface area (Å²) in [6.45, 7) is 7.42. The van der Waals surface area contributed by atoms with Gasteiger partial charge in [0.15, 0.2) is 0 Å². The smallest absolute Gasteiger partial charge is 0.318 e. The molecule has 2 heterocycles. The van der Waals surface area contributed by atoms with Crippen LogP contribution in [-0.4, -0.2) is 38.1 Å². The highest BCUT2D eigenvalue weighted by Gasteiger charge is 2.58. The number of methoxy groups -OCH3 is 2. The molecule has 2 aliphatic heterocycles. The second-order valence-electron chi connectivity index (χ2n) is 11.4. The minimum absolute atomic E-state index is 0.00838. The lowest BCUT2D eigenvalue weighted by atomic mass is 9.85. The van der Waals surface area contributed by atoms with Crippen molar-refractivity contribution in [2.75, 3.05) is 14.2 Å². The van der Waals surface area contributed by atoms with Crippen LogP contribution < -0.4 is 9.47 Å². The molecular weight excluding hydrogens is 560 g/mol. The Kier molecular flexibility index (Phi) is 9.28. The van der Waals surface area contributed by atoms with Crippen molar-refractivity contribution in [3.8, 4) is 11.5 Å². The first-order valence-corrected chi connectivity index (χ1v) is 14.7. The quantitative estimate of drug-likeness (QED) is 0.238. The van der Waals surface area contributed by atoms with Crippen molar-refractivity contribution in [1.82, 2.24) is 0 Å². The summed E-state index contributed by atoms with van der Waals surface area (Å²) in [7, 11) is 3.28. The molecule has 4 unspecified atom stereocenters. The van der Waals surface area contributed by atoms with Crippen molar-refractivity contribution >= 4 is 36.0 Å². The minimum Gasteiger partial charge on any atom is -0.497 e. The summed E-state index contributed by atoms with van der Waals surface area (Å²) in [6, 6.07) is 15.4. The second-order valence-corrected chi connectivity index (χ2v) is 11.4. The van der Waals surface area contributed by atoms with E-state index in [9.17, 15) is 19.2 Å². The van der Waals surface area contributed by atoms with E-state index in [0.717, 1.165) is 35.5 Å². The largest absolute Gasteiger partial charge is 0.497 e. The number of ether oxygens (including phenoxy) is 4. The summed E-state index contributed by atoms with van der Waals surface area (Å²) in [5, 5.41) is 0. The van der Waals surface area contributed by atoms with Gasteiger partial charge in [0.25, 0.3) is 0 Å². The van der Waals surface area contributed by atoms with Crippen LogP contribution in [0.4, 0.5) is 0 Å². The molecule has 7 rings (SSSR count). The summed E-state index contributed by atoms with van der Waals surface area (Å²) in [5.41, 5.74) is 2.14. The molecular formula is C36H36O8. The molecule has 0 amide bonds. The van der Waals surface area contributed by atoms with E-state index in [4.69, 9.17) is 14.2 Å². The molecule has 2 aromatic rings. The topological polar surface area (TPSA) is 105 Å². The molecule has 2 saturated carbocycles. The number of esters is 4. The Labute approximate surface area is 257 Å². The molecule has 8 atom stereocenters. The summed E-state index contributed by atoms with van der Waals surface area (Å²) in [6.07, 6.45) is 13.4. The monoisotopic (exact) mass is 596 g/mol. The molecule has 0 spiro atoms. The van der Waals surface area contributed by atoms with Crippen LogP contribution in [0.25, 0.3) is 12.2 Å². The summed E-state index contributed by atoms with van der Waals surface area (Å²) in [5.74, 6) is -0.185. The molecule has 0 radical (unpaired) electrons. The van der Waals surface area contributed by atoms with Crippen molar-refractivity contribution in [3.05, 3.63) is 97.1 Å². The molecule has 2 bridgehead atoms. The van der Waals surface area contributed by atoms with E-state index in [1.165, 1.54) is 0 Å². The van der Waals surface area contributed by atoms with Crippen LogP contribution in [0.15, 0.2) is 86.0 Å². The minimum atomic E-state index is -0.403. The van der Waals surface area contributed by atoms with E-state index in [0.29, 0.717) is 0 Å². The molecule has 228 valence electrons. The van der Waals surface area contributed by atoms with Gasteiger partial charge in [-0.05, 0) is 71.9 Å². The lowest BCUT2D eigenvalue weighted by Gasteiger charge is -2.12. The number of fused-ring (bicyclic) bond motifs is 6. The Hall–Kier alpha value is -4.72. The number of rotatable bonds is 6. The fraction of sp³-hybridized carbons (Fsp3) is 0.333. The number of cyclic esters (lactones) is 4. The van der Waals surface area contributed by atoms with E-state index in [1.54, 1.807) is 26.4 Å². The van der Waals surface area contributed by atoms with Crippen LogP contribution in [-0.2, 0) is 28.7 Å². The first kappa shape index (κ1) is 30.7. The van der Waals surface area contributed by atoms with Gasteiger partial charge in [-0.15, -0.1) is 6.58 Å². The molecule has 44 heavy (non-hydrogen) atoms. The average molecular weight is 597 g/mol. The fourth-order valence-corrected chi connectivity index (χ4v) is 6.85. The van der Waals surface area contributed by atoms with Crippen molar-refractivity contribution in [1.29, 1.82) is 0 Å². The third-order valence-electron chi connectivity index (χ3n) is 9.11. The Morgan fingerprint density at radius 2 is 1.09 bits per heavy atom. The van der Waals surface area contributed by atoms with Crippen LogP contribution in [0, 0.1) is 47.3 Å². The number of carbonyl (C=O) groups excluding carboxylic acids is 4. The lowest BCUT2D eigenvalue weighted by Crippen LogP contribution is -2.21. The van der Waals surface area contributed by atoms with Gasteiger partial charge in [-0.3, -0.25) is 19.2 Å². The highest BCUT2D eigenvalue weighted by Crippen LogP contribution is 2.51. The Morgan fingerprint density at radius 3 is 1.55 bits per heavy atom. The van der Waals surface area contributed by atoms with Gasteiger partial charge in [-0.25, -0.2) is 0 Å². The van der Waals surface area contributed by atoms with Gasteiger partial charge >= 0.3 is 23.9 Å². The third-order valence-corrected chi connectivity index (χ3v) is 9.11. The zero-order valence-electron chi connectivity index (χ0n) is 24.8. The standard InChI is InChI=1S/C18H18O4.C9H8O3.C9H10O/c1-3-12-10-13(16-15(12)17(19)22-18(16)20)7-4-11-5-8-14(21-2)9-6-11;10-8-6-4-1-2-5(3-4)7(6)9(11)12-8;1-3-8-4-6-9(10-2)7-5-8/h3-9,12-13,15-16H,1,10H2,2H3;1-2,4-7H,3H2;3-7H,1H2,2H3/b7-4+;;/t12?,13-,15+,16?;4?,5?,6-,7+;/m0../s1. The SMILES string of the molecule is C=CC1C[C@H](/C=C/c2ccc(OC)cc2)C2C(=O)OC(=O)[C@H]12.C=Cc1ccc(OC)cc1.O=C1OC(=O)[C@H]2C3C=CC(C3)[C@@H]12. The second kappa shape index (κ2) is 13.3. The van der Waals surface area contributed by atoms with E-state index >= 15 is 0 Å². The molecule has 8 nitrogen and oxygen atoms in total. The lowest BCUT2D eigenvalue weighted by molar-refractivity contribution is -0.156. The van der Waals surface area contributed by atoms with Crippen molar-refractivity contribution in [3.63, 3.8) is 0 Å². The summed E-state index contributed by atoms with van der Waals surface area (Å²) >= 11 is 0. The molecule has 2 aromatic carbocycles. The Bertz CT molecular complexity index is 1460. The van der Waals surface area contributed by atoms with Gasteiger partial charge in [-0.2, -0.15) is 0 Å². The number of benzene rings is 2. The van der Waals surface area contributed by atoms with Crippen LogP contribution in [0.3, 0.4) is 0 Å². The first-order valence-electron chi connectivity index (χ1n) is 14.7. The molecule has 2 saturated heterocycles. The van der Waals surface area contributed by atoms with Gasteiger partial charge in [0, 0.05) is 0 Å². The van der Waals surface area contributed by atoms with E-state index in [-0.39, 0.29) is 59.3 Å². The third kappa shape index (κ3) is 6.16. The van der Waals surface area contributed by atoms with Gasteiger partial charge in [0.2, 0.25) is 0 Å². The maximum absolute atomic E-state index is 11.9. The van der Waals surface area contributed by atoms with Crippen LogP contribution >= 0.6 is 0 Å². The Morgan fingerprint density at radius 1 is 0.636 bits per heavy atom. The van der Waals surface area contributed by atoms with Gasteiger partial charge in [-0.1, -0.05) is 67.3 Å². The highest BCUT2D eigenvalue weighted by atomic mass is 16.6. The van der Waals surface area contributed by atoms with Gasteiger partial charge in [0.05, 0.1) is 37.9 Å². The first-order chi connectivity index (χ1) is 21.3. The fourth-order valence-electron chi connectivity index (χ4n) is 6.85. The number of hydrogen-bond acceptors (Lipinski definition) is 8. The maximum atomic E-state index is 11.9. The zero-order valence-corrected chi connectivity index (χ0v) is 24.8. The van der Waals surface area contributed by atoms with Crippen LogP contribution in [0.1, 0.15) is 24.0 Å². The van der Waals surface area contributed by atoms with Crippen LogP contribution in [0.5, 0.6) is 11.5 Å². The molecule has 0 N–H and O–H groups in total. The van der Waals surface area contributed by atoms with Crippen molar-refractivity contribution in [2.24, 2.45) is 47.3 Å². The highest BCUT2D eigenvalue weighted by molar-refractivity contribution is 5.98. The van der Waals surface area contributed by atoms with Crippen molar-refractivity contribution < 1.29 is 38.1 Å². The molecule has 4 fully saturated rings. The predicted octanol–water partition coefficient (Wildman–Crippen LogP) is 5.69. The summed E-state index contributed by atoms with van der Waals surface area (Å²) in [4.78, 5) is 46.1. The molecule has 5 aliphatic rings. The van der Waals surface area contributed by atoms with E-state index in [2.05, 4.69) is 17.9 Å². The molecule has 8 heteroatoms. The maximum Gasteiger partial charge on any atom is 0.318 e. The predicted molar refractivity (Wildman–Crippen MR) is 164 cm³/mol. The van der Waals surface area contributed by atoms with Gasteiger partial charge < -0.3 is 18.9 Å². The van der Waals surface area contributed by atoms with E-state index < -0.39 is 11.9 Å². The van der Waals surface area contributed by atoms with Gasteiger partial charge in [0.1, 0.15) is 11.5 Å². The number of carbonyl (C=O) groups is 4. The number of hydrogen-bond donors (Lipinski definition) is 0. The Balaban J connectivity index is 0.000000146. The van der Waals surface area contributed by atoms with Crippen LogP contribution in [0.2, 0.25) is 0 Å². The number of allylic oxidation sites excluding steroid dienone is 4. The van der Waals surface area contributed by atoms with E-state index in [1.807, 2.05) is 72.8 Å². The summed E-state index contributed by atoms with van der Waals surface area (Å²) < 4.78 is 19.5.